The molecule has 1 saturated heterocycles. The first-order chi connectivity index (χ1) is 9.57. The maximum atomic E-state index is 12.5. The molecule has 1 aliphatic heterocycles. The fourth-order valence-electron chi connectivity index (χ4n) is 2.54. The van der Waals surface area contributed by atoms with Crippen LogP contribution < -0.4 is 10.1 Å². The molecule has 0 radical (unpaired) electrons. The number of piperidine rings is 1. The summed E-state index contributed by atoms with van der Waals surface area (Å²) in [6.07, 6.45) is 1.83. The summed E-state index contributed by atoms with van der Waals surface area (Å²) in [6.45, 7) is 2.15. The van der Waals surface area contributed by atoms with Crippen LogP contribution >= 0.6 is 12.4 Å². The third-order valence-corrected chi connectivity index (χ3v) is 5.68. The molecule has 21 heavy (non-hydrogen) atoms. The predicted molar refractivity (Wildman–Crippen MR) is 85.7 cm³/mol. The zero-order valence-electron chi connectivity index (χ0n) is 12.4. The normalized spacial score (nSPS) is 17.2. The van der Waals surface area contributed by atoms with E-state index in [2.05, 4.69) is 5.32 Å². The second-order valence-corrected chi connectivity index (χ2v) is 7.02. The summed E-state index contributed by atoms with van der Waals surface area (Å²) >= 11 is 0. The van der Waals surface area contributed by atoms with Crippen LogP contribution in [0.5, 0.6) is 5.75 Å². The minimum absolute atomic E-state index is 0. The van der Waals surface area contributed by atoms with Gasteiger partial charge in [0.1, 0.15) is 5.75 Å². The molecule has 0 amide bonds. The molecule has 5 nitrogen and oxygen atoms in total. The number of hydrogen-bond donors (Lipinski definition) is 1. The van der Waals surface area contributed by atoms with Gasteiger partial charge in [-0.3, -0.25) is 0 Å². The van der Waals surface area contributed by atoms with Gasteiger partial charge in [-0.05, 0) is 56.6 Å². The molecule has 0 aliphatic carbocycles. The van der Waals surface area contributed by atoms with Gasteiger partial charge in [-0.25, -0.2) is 8.42 Å². The maximum absolute atomic E-state index is 12.5. The summed E-state index contributed by atoms with van der Waals surface area (Å²) in [5.41, 5.74) is 0. The fraction of sp³-hybridized carbons (Fsp3) is 0.571. The van der Waals surface area contributed by atoms with E-state index in [0.717, 1.165) is 19.4 Å². The highest BCUT2D eigenvalue weighted by atomic mass is 35.5. The van der Waals surface area contributed by atoms with E-state index in [1.165, 1.54) is 0 Å². The first-order valence-corrected chi connectivity index (χ1v) is 8.30. The number of ether oxygens (including phenoxy) is 1. The second-order valence-electron chi connectivity index (χ2n) is 5.08. The Morgan fingerprint density at radius 2 is 1.81 bits per heavy atom. The Hall–Kier alpha value is -0.820. The van der Waals surface area contributed by atoms with E-state index in [0.29, 0.717) is 29.7 Å². The average Bonchev–Trinajstić information content (AvgIpc) is 2.48. The molecule has 0 unspecified atom stereocenters. The monoisotopic (exact) mass is 334 g/mol. The molecule has 0 bridgehead atoms. The Morgan fingerprint density at radius 1 is 1.24 bits per heavy atom. The van der Waals surface area contributed by atoms with E-state index in [4.69, 9.17) is 4.74 Å². The van der Waals surface area contributed by atoms with Crippen molar-refractivity contribution in [2.45, 2.75) is 17.7 Å². The van der Waals surface area contributed by atoms with E-state index < -0.39 is 10.0 Å². The minimum atomic E-state index is -3.37. The van der Waals surface area contributed by atoms with Crippen LogP contribution in [0, 0.1) is 5.92 Å². The van der Waals surface area contributed by atoms with Crippen LogP contribution in [0.2, 0.25) is 0 Å². The van der Waals surface area contributed by atoms with Crippen molar-refractivity contribution in [1.82, 2.24) is 9.62 Å². The lowest BCUT2D eigenvalue weighted by Gasteiger charge is -2.31. The molecular weight excluding hydrogens is 312 g/mol. The Labute approximate surface area is 133 Å². The van der Waals surface area contributed by atoms with Gasteiger partial charge in [0.25, 0.3) is 0 Å². The molecule has 2 rings (SSSR count). The van der Waals surface area contributed by atoms with Gasteiger partial charge < -0.3 is 10.1 Å². The van der Waals surface area contributed by atoms with Crippen LogP contribution in [0.4, 0.5) is 0 Å². The summed E-state index contributed by atoms with van der Waals surface area (Å²) in [4.78, 5) is 0.338. The minimum Gasteiger partial charge on any atom is -0.497 e. The quantitative estimate of drug-likeness (QED) is 0.891. The molecule has 1 aromatic carbocycles. The average molecular weight is 335 g/mol. The molecule has 7 heteroatoms. The SMILES string of the molecule is CNCC1CCN(S(=O)(=O)c2ccc(OC)cc2)CC1.Cl. The molecule has 1 aromatic rings. The zero-order valence-corrected chi connectivity index (χ0v) is 14.0. The van der Waals surface area contributed by atoms with Crippen molar-refractivity contribution in [3.05, 3.63) is 24.3 Å². The van der Waals surface area contributed by atoms with Gasteiger partial charge in [0, 0.05) is 13.1 Å². The molecule has 0 spiro atoms. The van der Waals surface area contributed by atoms with Crippen molar-refractivity contribution in [2.75, 3.05) is 33.8 Å². The van der Waals surface area contributed by atoms with Gasteiger partial charge in [0.05, 0.1) is 12.0 Å². The van der Waals surface area contributed by atoms with E-state index in [1.807, 2.05) is 7.05 Å². The lowest BCUT2D eigenvalue weighted by Crippen LogP contribution is -2.40. The molecule has 1 heterocycles. The molecule has 120 valence electrons. The summed E-state index contributed by atoms with van der Waals surface area (Å²) in [5, 5.41) is 3.15. The van der Waals surface area contributed by atoms with Gasteiger partial charge in [-0.1, -0.05) is 0 Å². The third-order valence-electron chi connectivity index (χ3n) is 3.76. The number of rotatable bonds is 5. The lowest BCUT2D eigenvalue weighted by atomic mass is 9.98. The van der Waals surface area contributed by atoms with Gasteiger partial charge in [0.2, 0.25) is 10.0 Å². The standard InChI is InChI=1S/C14H22N2O3S.ClH/c1-15-11-12-7-9-16(10-8-12)20(17,18)14-5-3-13(19-2)4-6-14;/h3-6,12,15H,7-11H2,1-2H3;1H. The molecular formula is C14H23ClN2O3S. The third kappa shape index (κ3) is 4.32. The summed E-state index contributed by atoms with van der Waals surface area (Å²) in [6, 6.07) is 6.57. The molecule has 1 aliphatic rings. The highest BCUT2D eigenvalue weighted by Gasteiger charge is 2.28. The van der Waals surface area contributed by atoms with Gasteiger partial charge in [-0.2, -0.15) is 4.31 Å². The topological polar surface area (TPSA) is 58.6 Å². The van der Waals surface area contributed by atoms with Crippen molar-refractivity contribution in [3.8, 4) is 5.75 Å². The molecule has 0 saturated carbocycles. The van der Waals surface area contributed by atoms with Crippen molar-refractivity contribution in [1.29, 1.82) is 0 Å². The van der Waals surface area contributed by atoms with Crippen LogP contribution in [0.3, 0.4) is 0 Å². The molecule has 0 atom stereocenters. The molecule has 0 aromatic heterocycles. The van der Waals surface area contributed by atoms with Crippen molar-refractivity contribution >= 4 is 22.4 Å². The summed E-state index contributed by atoms with van der Waals surface area (Å²) in [7, 11) is 0.129. The number of nitrogens with zero attached hydrogens (tertiary/aromatic N) is 1. The Bertz CT molecular complexity index is 526. The van der Waals surface area contributed by atoms with E-state index >= 15 is 0 Å². The van der Waals surface area contributed by atoms with Gasteiger partial charge in [0.15, 0.2) is 0 Å². The van der Waals surface area contributed by atoms with E-state index in [1.54, 1.807) is 35.7 Å². The Kier molecular flexibility index (Phi) is 6.93. The van der Waals surface area contributed by atoms with Crippen LogP contribution in [-0.2, 0) is 10.0 Å². The lowest BCUT2D eigenvalue weighted by molar-refractivity contribution is 0.270. The summed E-state index contributed by atoms with van der Waals surface area (Å²) in [5.74, 6) is 1.24. The smallest absolute Gasteiger partial charge is 0.243 e. The Morgan fingerprint density at radius 3 is 2.29 bits per heavy atom. The number of sulfonamides is 1. The summed E-state index contributed by atoms with van der Waals surface area (Å²) < 4.78 is 31.7. The predicted octanol–water partition coefficient (Wildman–Crippen LogP) is 1.74. The highest BCUT2D eigenvalue weighted by molar-refractivity contribution is 7.89. The van der Waals surface area contributed by atoms with Crippen LogP contribution in [-0.4, -0.2) is 46.5 Å². The number of hydrogen-bond acceptors (Lipinski definition) is 4. The number of halogens is 1. The largest absolute Gasteiger partial charge is 0.497 e. The van der Waals surface area contributed by atoms with Gasteiger partial charge >= 0.3 is 0 Å². The van der Waals surface area contributed by atoms with Gasteiger partial charge in [-0.15, -0.1) is 12.4 Å². The zero-order chi connectivity index (χ0) is 14.6. The van der Waals surface area contributed by atoms with Crippen LogP contribution in [0.15, 0.2) is 29.2 Å². The fourth-order valence-corrected chi connectivity index (χ4v) is 4.01. The number of methoxy groups -OCH3 is 1. The maximum Gasteiger partial charge on any atom is 0.243 e. The van der Waals surface area contributed by atoms with Crippen molar-refractivity contribution in [3.63, 3.8) is 0 Å². The Balaban J connectivity index is 0.00000220. The van der Waals surface area contributed by atoms with E-state index in [9.17, 15) is 8.42 Å². The van der Waals surface area contributed by atoms with Crippen LogP contribution in [0.1, 0.15) is 12.8 Å². The van der Waals surface area contributed by atoms with E-state index in [-0.39, 0.29) is 12.4 Å². The number of nitrogens with one attached hydrogen (secondary N) is 1. The van der Waals surface area contributed by atoms with Crippen molar-refractivity contribution in [2.24, 2.45) is 5.92 Å². The highest BCUT2D eigenvalue weighted by Crippen LogP contribution is 2.24. The molecule has 1 N–H and O–H groups in total. The molecule has 1 fully saturated rings. The number of benzene rings is 1. The second kappa shape index (κ2) is 7.98. The van der Waals surface area contributed by atoms with Crippen LogP contribution in [0.25, 0.3) is 0 Å². The van der Waals surface area contributed by atoms with Crippen molar-refractivity contribution < 1.29 is 13.2 Å². The first kappa shape index (κ1) is 18.2. The first-order valence-electron chi connectivity index (χ1n) is 6.86.